The summed E-state index contributed by atoms with van der Waals surface area (Å²) in [6, 6.07) is 6.55. The molecule has 0 spiro atoms. The molecular weight excluding hydrogens is 632 g/mol. The molecule has 0 radical (unpaired) electrons. The number of ether oxygens (including phenoxy) is 1. The van der Waals surface area contributed by atoms with E-state index in [2.05, 4.69) is 65.2 Å². The van der Waals surface area contributed by atoms with Gasteiger partial charge in [0.05, 0.1) is 29.5 Å². The Morgan fingerprint density at radius 3 is 2.47 bits per heavy atom. The Labute approximate surface area is 274 Å². The van der Waals surface area contributed by atoms with Crippen molar-refractivity contribution in [2.24, 2.45) is 7.05 Å². The molecule has 0 saturated carbocycles. The van der Waals surface area contributed by atoms with Gasteiger partial charge < -0.3 is 15.0 Å². The number of benzene rings is 1. The summed E-state index contributed by atoms with van der Waals surface area (Å²) in [5.74, 6) is -0.236. The van der Waals surface area contributed by atoms with Gasteiger partial charge >= 0.3 is 6.61 Å². The van der Waals surface area contributed by atoms with Gasteiger partial charge in [0.15, 0.2) is 16.9 Å². The second kappa shape index (κ2) is 14.7. The maximum absolute atomic E-state index is 13.1. The molecule has 47 heavy (non-hydrogen) atoms. The van der Waals surface area contributed by atoms with Crippen LogP contribution in [0.3, 0.4) is 0 Å². The van der Waals surface area contributed by atoms with Crippen LogP contribution in [0.1, 0.15) is 68.5 Å². The van der Waals surface area contributed by atoms with Gasteiger partial charge in [-0.05, 0) is 69.7 Å². The van der Waals surface area contributed by atoms with Crippen molar-refractivity contribution < 1.29 is 27.3 Å². The molecule has 3 saturated heterocycles. The van der Waals surface area contributed by atoms with Crippen LogP contribution < -0.4 is 20.1 Å². The molecule has 13 nitrogen and oxygen atoms in total. The van der Waals surface area contributed by atoms with Crippen LogP contribution in [0.2, 0.25) is 0 Å². The van der Waals surface area contributed by atoms with Gasteiger partial charge in [0.1, 0.15) is 0 Å². The van der Waals surface area contributed by atoms with Gasteiger partial charge in [-0.1, -0.05) is 12.1 Å². The fraction of sp³-hybridized carbons (Fsp3) is 0.581. The number of carbonyl (C=O) groups excluding carboxylic acids is 2. The summed E-state index contributed by atoms with van der Waals surface area (Å²) in [5.41, 5.74) is 3.00. The number of aromatic nitrogens is 4. The number of alkyl halides is 2. The number of amides is 2. The number of nitrogens with one attached hydrogen (secondary N) is 3. The average molecular weight is 674 g/mol. The van der Waals surface area contributed by atoms with Gasteiger partial charge in [0.2, 0.25) is 17.8 Å². The van der Waals surface area contributed by atoms with E-state index in [1.165, 1.54) is 18.0 Å². The quantitative estimate of drug-likeness (QED) is 0.262. The van der Waals surface area contributed by atoms with Crippen molar-refractivity contribution in [3.8, 4) is 5.75 Å². The number of hydrogen-bond acceptors (Lipinski definition) is 9. The third-order valence-corrected chi connectivity index (χ3v) is 10.7. The molecule has 1 aromatic carbocycles. The van der Waals surface area contributed by atoms with Crippen molar-refractivity contribution in [3.63, 3.8) is 0 Å². The van der Waals surface area contributed by atoms with E-state index in [-0.39, 0.29) is 29.6 Å². The second-order valence-electron chi connectivity index (χ2n) is 12.6. The van der Waals surface area contributed by atoms with Crippen molar-refractivity contribution in [1.82, 2.24) is 39.0 Å². The van der Waals surface area contributed by atoms with Crippen molar-refractivity contribution in [2.45, 2.75) is 76.0 Å². The number of carbonyl (C=O) groups is 2. The van der Waals surface area contributed by atoms with Crippen molar-refractivity contribution in [1.29, 1.82) is 0 Å². The van der Waals surface area contributed by atoms with Crippen LogP contribution >= 0.6 is 0 Å². The van der Waals surface area contributed by atoms with Gasteiger partial charge in [0.25, 0.3) is 0 Å². The average Bonchev–Trinajstić information content (AvgIpc) is 3.37. The van der Waals surface area contributed by atoms with Crippen molar-refractivity contribution in [2.75, 3.05) is 38.0 Å². The van der Waals surface area contributed by atoms with E-state index < -0.39 is 23.7 Å². The van der Waals surface area contributed by atoms with Crippen LogP contribution in [0.4, 0.5) is 14.7 Å². The topological polar surface area (TPSA) is 147 Å². The van der Waals surface area contributed by atoms with Gasteiger partial charge in [-0.3, -0.25) is 19.6 Å². The van der Waals surface area contributed by atoms with Crippen LogP contribution in [0.15, 0.2) is 30.6 Å². The molecule has 3 aliphatic rings. The molecule has 254 valence electrons. The largest absolute Gasteiger partial charge is 0.432 e. The molecule has 16 heteroatoms. The molecule has 3 aliphatic heterocycles. The molecule has 5 heterocycles. The summed E-state index contributed by atoms with van der Waals surface area (Å²) in [6.45, 7) is 3.11. The highest BCUT2D eigenvalue weighted by atomic mass is 32.2. The van der Waals surface area contributed by atoms with Gasteiger partial charge in [-0.15, -0.1) is 0 Å². The summed E-state index contributed by atoms with van der Waals surface area (Å²) in [6.07, 6.45) is 6.76. The van der Waals surface area contributed by atoms with Crippen LogP contribution in [-0.2, 0) is 27.8 Å². The summed E-state index contributed by atoms with van der Waals surface area (Å²) < 4.78 is 49.1. The fourth-order valence-electron chi connectivity index (χ4n) is 6.79. The Hall–Kier alpha value is -3.60. The highest BCUT2D eigenvalue weighted by Crippen LogP contribution is 2.34. The first-order chi connectivity index (χ1) is 22.6. The number of hydrogen-bond donors (Lipinski definition) is 3. The maximum Gasteiger partial charge on any atom is 0.387 e. The standard InChI is InChI=1S/C31H41F2N9O4S/c1-19(39-47(45)42-13-9-22(10-14-42)36-31-34-16-23(17-35-31)46-30(32)33)18-41-11-7-20(8-12-41)21-3-4-24-26(15-21)40(2)38-28(24)25-5-6-27(43)37-29(25)44/h3-4,15-17,19-20,22,25,30,39H,5-14,18H2,1-2H3,(H,34,35,36)(H,37,43,44). The zero-order chi connectivity index (χ0) is 33.1. The number of rotatable bonds is 11. The minimum atomic E-state index is -2.92. The third kappa shape index (κ3) is 8.11. The van der Waals surface area contributed by atoms with Crippen LogP contribution in [0.5, 0.6) is 5.75 Å². The Balaban J connectivity index is 0.937. The Morgan fingerprint density at radius 1 is 1.06 bits per heavy atom. The fourth-order valence-corrected chi connectivity index (χ4v) is 7.90. The highest BCUT2D eigenvalue weighted by molar-refractivity contribution is 7.80. The van der Waals surface area contributed by atoms with Gasteiger partial charge in [-0.2, -0.15) is 13.9 Å². The minimum absolute atomic E-state index is 0.0436. The third-order valence-electron chi connectivity index (χ3n) is 9.24. The molecule has 6 rings (SSSR count). The number of piperidine rings is 3. The van der Waals surface area contributed by atoms with Gasteiger partial charge in [0, 0.05) is 50.6 Å². The van der Waals surface area contributed by atoms with Crippen molar-refractivity contribution >= 4 is 39.8 Å². The molecule has 3 unspecified atom stereocenters. The second-order valence-corrected chi connectivity index (χ2v) is 13.9. The zero-order valence-electron chi connectivity index (χ0n) is 26.5. The maximum atomic E-state index is 13.1. The van der Waals surface area contributed by atoms with E-state index >= 15 is 0 Å². The minimum Gasteiger partial charge on any atom is -0.432 e. The monoisotopic (exact) mass is 673 g/mol. The lowest BCUT2D eigenvalue weighted by Crippen LogP contribution is -2.49. The summed E-state index contributed by atoms with van der Waals surface area (Å²) >= 11 is -1.31. The molecule has 2 amide bonds. The smallest absolute Gasteiger partial charge is 0.387 e. The van der Waals surface area contributed by atoms with E-state index in [0.717, 1.165) is 61.9 Å². The lowest BCUT2D eigenvalue weighted by atomic mass is 9.87. The molecule has 0 bridgehead atoms. The first kappa shape index (κ1) is 33.3. The number of anilines is 1. The number of nitrogens with zero attached hydrogens (tertiary/aromatic N) is 6. The molecule has 3 N–H and O–H groups in total. The van der Waals surface area contributed by atoms with E-state index in [1.54, 1.807) is 0 Å². The molecule has 3 aromatic rings. The number of aryl methyl sites for hydroxylation is 1. The molecule has 2 aromatic heterocycles. The van der Waals surface area contributed by atoms with Crippen molar-refractivity contribution in [3.05, 3.63) is 41.9 Å². The lowest BCUT2D eigenvalue weighted by Gasteiger charge is -2.35. The molecule has 3 atom stereocenters. The zero-order valence-corrected chi connectivity index (χ0v) is 27.3. The summed E-state index contributed by atoms with van der Waals surface area (Å²) in [5, 5.41) is 11.3. The number of halogens is 2. The predicted molar refractivity (Wildman–Crippen MR) is 172 cm³/mol. The van der Waals surface area contributed by atoms with E-state index in [4.69, 9.17) is 0 Å². The Kier molecular flexibility index (Phi) is 10.4. The van der Waals surface area contributed by atoms with E-state index in [9.17, 15) is 22.6 Å². The van der Waals surface area contributed by atoms with E-state index in [0.29, 0.717) is 37.8 Å². The number of imide groups is 1. The number of likely N-dealkylation sites (tertiary alicyclic amines) is 1. The Bertz CT molecular complexity index is 1590. The predicted octanol–water partition coefficient (Wildman–Crippen LogP) is 2.80. The SMILES string of the molecule is CC(CN1CCC(c2ccc3c(C4CCC(=O)NC4=O)nn(C)c3c2)CC1)NS(=O)N1CCC(Nc2ncc(OC(F)F)cn2)CC1. The number of fused-ring (bicyclic) bond motifs is 1. The first-order valence-electron chi connectivity index (χ1n) is 16.1. The normalized spacial score (nSPS) is 22.0. The molecule has 3 fully saturated rings. The Morgan fingerprint density at radius 2 is 1.79 bits per heavy atom. The lowest BCUT2D eigenvalue weighted by molar-refractivity contribution is -0.134. The molecular formula is C31H41F2N9O4S. The first-order valence-corrected chi connectivity index (χ1v) is 17.2. The van der Waals surface area contributed by atoms with Crippen LogP contribution in [0, 0.1) is 0 Å². The van der Waals surface area contributed by atoms with E-state index in [1.807, 2.05) is 16.0 Å². The van der Waals surface area contributed by atoms with Gasteiger partial charge in [-0.25, -0.2) is 23.2 Å². The summed E-state index contributed by atoms with van der Waals surface area (Å²) in [4.78, 5) is 34.6. The van der Waals surface area contributed by atoms with Crippen LogP contribution in [0.25, 0.3) is 10.9 Å². The molecule has 0 aliphatic carbocycles. The highest BCUT2D eigenvalue weighted by Gasteiger charge is 2.32. The summed E-state index contributed by atoms with van der Waals surface area (Å²) in [7, 11) is 1.90. The van der Waals surface area contributed by atoms with Crippen LogP contribution in [-0.4, -0.2) is 96.4 Å².